The Balaban J connectivity index is 2.28. The smallest absolute Gasteiger partial charge is 0.0551 e. The number of nitrogens with one attached hydrogen (secondary N) is 1. The van der Waals surface area contributed by atoms with Crippen LogP contribution < -0.4 is 5.32 Å². The maximum atomic E-state index is 6.33. The van der Waals surface area contributed by atoms with Crippen LogP contribution in [-0.2, 0) is 6.42 Å². The Morgan fingerprint density at radius 1 is 1.05 bits per heavy atom. The lowest BCUT2D eigenvalue weighted by atomic mass is 9.99. The van der Waals surface area contributed by atoms with E-state index in [1.54, 1.807) is 0 Å². The van der Waals surface area contributed by atoms with Gasteiger partial charge in [0.05, 0.1) is 5.02 Å². The van der Waals surface area contributed by atoms with Crippen molar-refractivity contribution in [2.45, 2.75) is 19.4 Å². The molecule has 0 bridgehead atoms. The van der Waals surface area contributed by atoms with E-state index >= 15 is 0 Å². The fraction of sp³-hybridized carbons (Fsp3) is 0.250. The summed E-state index contributed by atoms with van der Waals surface area (Å²) in [5, 5.41) is 4.98. The second-order valence-electron chi connectivity index (χ2n) is 4.72. The molecule has 0 saturated heterocycles. The molecule has 1 nitrogen and oxygen atoms in total. The molecular formula is C16H15Br2Cl2N. The summed E-state index contributed by atoms with van der Waals surface area (Å²) < 4.78 is 1.90. The van der Waals surface area contributed by atoms with E-state index in [0.29, 0.717) is 0 Å². The summed E-state index contributed by atoms with van der Waals surface area (Å²) in [6, 6.07) is 12.2. The Kier molecular flexibility index (Phi) is 6.57. The van der Waals surface area contributed by atoms with Gasteiger partial charge in [-0.2, -0.15) is 0 Å². The molecule has 1 atom stereocenters. The summed E-state index contributed by atoms with van der Waals surface area (Å²) in [7, 11) is 0. The highest BCUT2D eigenvalue weighted by atomic mass is 79.9. The first kappa shape index (κ1) is 17.3. The largest absolute Gasteiger partial charge is 0.310 e. The van der Waals surface area contributed by atoms with E-state index in [2.05, 4.69) is 56.2 Å². The summed E-state index contributed by atoms with van der Waals surface area (Å²) in [4.78, 5) is 0. The molecule has 1 N–H and O–H groups in total. The summed E-state index contributed by atoms with van der Waals surface area (Å²) in [6.45, 7) is 2.98. The zero-order chi connectivity index (χ0) is 15.4. The van der Waals surface area contributed by atoms with E-state index in [1.807, 2.05) is 24.3 Å². The lowest BCUT2D eigenvalue weighted by Crippen LogP contribution is -2.23. The Labute approximate surface area is 152 Å². The van der Waals surface area contributed by atoms with Crippen molar-refractivity contribution in [2.75, 3.05) is 6.54 Å². The Bertz CT molecular complexity index is 632. The monoisotopic (exact) mass is 449 g/mol. The van der Waals surface area contributed by atoms with E-state index in [1.165, 1.54) is 0 Å². The third-order valence-electron chi connectivity index (χ3n) is 3.24. The minimum atomic E-state index is 0.180. The van der Waals surface area contributed by atoms with Gasteiger partial charge in [0.1, 0.15) is 0 Å². The number of likely N-dealkylation sites (N-methyl/N-ethyl adjacent to an activating group) is 1. The van der Waals surface area contributed by atoms with E-state index < -0.39 is 0 Å². The highest BCUT2D eigenvalue weighted by Gasteiger charge is 2.14. The summed E-state index contributed by atoms with van der Waals surface area (Å²) in [6.07, 6.45) is 0.817. The maximum Gasteiger partial charge on any atom is 0.0551 e. The molecule has 0 spiro atoms. The molecule has 1 unspecified atom stereocenters. The maximum absolute atomic E-state index is 6.33. The van der Waals surface area contributed by atoms with Gasteiger partial charge >= 0.3 is 0 Å². The highest BCUT2D eigenvalue weighted by molar-refractivity contribution is 9.10. The van der Waals surface area contributed by atoms with Crippen LogP contribution in [0.5, 0.6) is 0 Å². The average Bonchev–Trinajstić information content (AvgIpc) is 2.44. The second-order valence-corrected chi connectivity index (χ2v) is 7.31. The predicted octanol–water partition coefficient (Wildman–Crippen LogP) is 6.41. The van der Waals surface area contributed by atoms with E-state index in [0.717, 1.165) is 43.1 Å². The molecule has 5 heteroatoms. The van der Waals surface area contributed by atoms with Gasteiger partial charge in [-0.15, -0.1) is 0 Å². The Morgan fingerprint density at radius 3 is 2.43 bits per heavy atom. The van der Waals surface area contributed by atoms with Crippen molar-refractivity contribution in [1.82, 2.24) is 5.32 Å². The van der Waals surface area contributed by atoms with Crippen molar-refractivity contribution >= 4 is 55.1 Å². The van der Waals surface area contributed by atoms with Crippen LogP contribution in [0.15, 0.2) is 45.3 Å². The van der Waals surface area contributed by atoms with Crippen molar-refractivity contribution in [2.24, 2.45) is 0 Å². The molecule has 0 aliphatic heterocycles. The Morgan fingerprint density at radius 2 is 1.81 bits per heavy atom. The number of rotatable bonds is 5. The lowest BCUT2D eigenvalue weighted by molar-refractivity contribution is 0.550. The third-order valence-corrected chi connectivity index (χ3v) is 5.31. The van der Waals surface area contributed by atoms with Crippen molar-refractivity contribution in [3.63, 3.8) is 0 Å². The van der Waals surface area contributed by atoms with Gasteiger partial charge in [-0.25, -0.2) is 0 Å². The molecule has 0 saturated carbocycles. The van der Waals surface area contributed by atoms with Gasteiger partial charge in [0.25, 0.3) is 0 Å². The molecule has 2 rings (SSSR count). The third kappa shape index (κ3) is 4.70. The van der Waals surface area contributed by atoms with Crippen molar-refractivity contribution in [3.8, 4) is 0 Å². The summed E-state index contributed by atoms with van der Waals surface area (Å²) in [5.41, 5.74) is 2.27. The van der Waals surface area contributed by atoms with Crippen LogP contribution in [0.2, 0.25) is 10.0 Å². The van der Waals surface area contributed by atoms with Crippen LogP contribution in [-0.4, -0.2) is 6.54 Å². The fourth-order valence-electron chi connectivity index (χ4n) is 2.19. The van der Waals surface area contributed by atoms with Gasteiger partial charge in [-0.1, -0.05) is 58.2 Å². The van der Waals surface area contributed by atoms with Crippen LogP contribution in [0.1, 0.15) is 24.1 Å². The molecule has 21 heavy (non-hydrogen) atoms. The van der Waals surface area contributed by atoms with Gasteiger partial charge in [-0.3, -0.25) is 0 Å². The van der Waals surface area contributed by atoms with Crippen LogP contribution in [0.3, 0.4) is 0 Å². The molecule has 2 aromatic carbocycles. The quantitative estimate of drug-likeness (QED) is 0.553. The summed E-state index contributed by atoms with van der Waals surface area (Å²) >= 11 is 19.4. The van der Waals surface area contributed by atoms with Crippen LogP contribution >= 0.6 is 55.1 Å². The predicted molar refractivity (Wildman–Crippen MR) is 98.4 cm³/mol. The molecular weight excluding hydrogens is 437 g/mol. The first-order valence-corrected chi connectivity index (χ1v) is 8.97. The molecule has 0 amide bonds. The molecule has 0 radical (unpaired) electrons. The highest BCUT2D eigenvalue weighted by Crippen LogP contribution is 2.30. The Hall–Kier alpha value is -0.0600. The molecule has 0 heterocycles. The van der Waals surface area contributed by atoms with Crippen LogP contribution in [0.4, 0.5) is 0 Å². The summed E-state index contributed by atoms with van der Waals surface area (Å²) in [5.74, 6) is 0. The zero-order valence-electron chi connectivity index (χ0n) is 11.5. The van der Waals surface area contributed by atoms with Crippen LogP contribution in [0.25, 0.3) is 0 Å². The van der Waals surface area contributed by atoms with Gasteiger partial charge in [0, 0.05) is 20.0 Å². The van der Waals surface area contributed by atoms with Crippen molar-refractivity contribution in [1.29, 1.82) is 0 Å². The molecule has 0 aliphatic carbocycles. The lowest BCUT2D eigenvalue weighted by Gasteiger charge is -2.20. The minimum Gasteiger partial charge on any atom is -0.310 e. The van der Waals surface area contributed by atoms with E-state index in [4.69, 9.17) is 23.2 Å². The number of benzene rings is 2. The number of hydrogen-bond donors (Lipinski definition) is 1. The zero-order valence-corrected chi connectivity index (χ0v) is 16.2. The topological polar surface area (TPSA) is 12.0 Å². The normalized spacial score (nSPS) is 12.4. The molecule has 0 fully saturated rings. The van der Waals surface area contributed by atoms with Crippen molar-refractivity contribution in [3.05, 3.63) is 66.5 Å². The van der Waals surface area contributed by atoms with Crippen LogP contribution in [0, 0.1) is 0 Å². The van der Waals surface area contributed by atoms with Gasteiger partial charge in [0.2, 0.25) is 0 Å². The SMILES string of the molecule is CCNC(Cc1ccc(Br)cc1Cl)c1ccc(Br)c(Cl)c1. The van der Waals surface area contributed by atoms with Crippen molar-refractivity contribution < 1.29 is 0 Å². The number of hydrogen-bond acceptors (Lipinski definition) is 1. The average molecular weight is 452 g/mol. The van der Waals surface area contributed by atoms with E-state index in [9.17, 15) is 0 Å². The second kappa shape index (κ2) is 7.98. The minimum absolute atomic E-state index is 0.180. The first-order valence-electron chi connectivity index (χ1n) is 6.63. The fourth-order valence-corrected chi connectivity index (χ4v) is 3.38. The molecule has 112 valence electrons. The molecule has 0 aliphatic rings. The molecule has 0 aromatic heterocycles. The molecule has 2 aromatic rings. The first-order chi connectivity index (χ1) is 10.0. The van der Waals surface area contributed by atoms with Gasteiger partial charge in [-0.05, 0) is 64.3 Å². The number of halogens is 4. The standard InChI is InChI=1S/C16H15Br2Cl2N/c1-2-21-16(11-4-6-13(18)15(20)7-11)8-10-3-5-12(17)9-14(10)19/h3-7,9,16,21H,2,8H2,1H3. The van der Waals surface area contributed by atoms with Gasteiger partial charge in [0.15, 0.2) is 0 Å². The van der Waals surface area contributed by atoms with Gasteiger partial charge < -0.3 is 5.32 Å². The van der Waals surface area contributed by atoms with E-state index in [-0.39, 0.29) is 6.04 Å².